The van der Waals surface area contributed by atoms with Gasteiger partial charge in [-0.15, -0.1) is 0 Å². The van der Waals surface area contributed by atoms with E-state index in [9.17, 15) is 0 Å². The Morgan fingerprint density at radius 1 is 0.852 bits per heavy atom. The minimum atomic E-state index is 0.272. The first-order valence-electron chi connectivity index (χ1n) is 8.24. The van der Waals surface area contributed by atoms with Crippen molar-refractivity contribution in [3.63, 3.8) is 0 Å². The standard InChI is InChI=1S/C19H25N3O5/c1-23-14-10-15(24-2)12-16(11-14)27-8-7-21-19(20)22-13-5-6-17(25-3)18(9-13)26-4/h5-6,9-12H,7-8H2,1-4H3,(H3,20,21,22). The normalized spacial score (nSPS) is 10.9. The number of hydrogen-bond donors (Lipinski definition) is 2. The maximum atomic E-state index is 5.91. The van der Waals surface area contributed by atoms with Crippen LogP contribution in [0.3, 0.4) is 0 Å². The number of ether oxygens (including phenoxy) is 5. The first-order chi connectivity index (χ1) is 13.1. The number of methoxy groups -OCH3 is 4. The lowest BCUT2D eigenvalue weighted by Crippen LogP contribution is -2.23. The van der Waals surface area contributed by atoms with Crippen molar-refractivity contribution in [1.29, 1.82) is 0 Å². The summed E-state index contributed by atoms with van der Waals surface area (Å²) in [6.07, 6.45) is 0. The van der Waals surface area contributed by atoms with Crippen molar-refractivity contribution in [1.82, 2.24) is 0 Å². The van der Waals surface area contributed by atoms with Crippen LogP contribution in [0.25, 0.3) is 0 Å². The molecule has 2 aromatic rings. The third kappa shape index (κ3) is 5.88. The van der Waals surface area contributed by atoms with E-state index in [0.29, 0.717) is 41.9 Å². The minimum Gasteiger partial charge on any atom is -0.496 e. The van der Waals surface area contributed by atoms with E-state index < -0.39 is 0 Å². The van der Waals surface area contributed by atoms with Crippen LogP contribution in [0.4, 0.5) is 5.69 Å². The molecule has 27 heavy (non-hydrogen) atoms. The molecular formula is C19H25N3O5. The fourth-order valence-electron chi connectivity index (χ4n) is 2.30. The van der Waals surface area contributed by atoms with Crippen LogP contribution in [0, 0.1) is 0 Å². The molecule has 0 radical (unpaired) electrons. The van der Waals surface area contributed by atoms with Crippen LogP contribution >= 0.6 is 0 Å². The highest BCUT2D eigenvalue weighted by Gasteiger charge is 2.05. The second-order valence-electron chi connectivity index (χ2n) is 5.36. The smallest absolute Gasteiger partial charge is 0.193 e. The van der Waals surface area contributed by atoms with Crippen LogP contribution in [0.1, 0.15) is 0 Å². The van der Waals surface area contributed by atoms with E-state index in [4.69, 9.17) is 29.4 Å². The van der Waals surface area contributed by atoms with Gasteiger partial charge in [0.05, 0.1) is 35.0 Å². The lowest BCUT2D eigenvalue weighted by molar-refractivity contribution is 0.321. The molecule has 0 aliphatic carbocycles. The topological polar surface area (TPSA) is 96.6 Å². The Hall–Kier alpha value is -3.29. The van der Waals surface area contributed by atoms with Gasteiger partial charge in [-0.05, 0) is 12.1 Å². The molecule has 0 aliphatic heterocycles. The minimum absolute atomic E-state index is 0.272. The van der Waals surface area contributed by atoms with Gasteiger partial charge in [0.2, 0.25) is 0 Å². The van der Waals surface area contributed by atoms with Gasteiger partial charge < -0.3 is 34.7 Å². The van der Waals surface area contributed by atoms with Gasteiger partial charge in [-0.25, -0.2) is 4.99 Å². The molecule has 0 saturated heterocycles. The number of aliphatic imine (C=N–C) groups is 1. The number of nitrogens with zero attached hydrogens (tertiary/aromatic N) is 1. The predicted octanol–water partition coefficient (Wildman–Crippen LogP) is 2.53. The van der Waals surface area contributed by atoms with Gasteiger partial charge in [0.1, 0.15) is 23.9 Å². The average Bonchev–Trinajstić information content (AvgIpc) is 2.70. The van der Waals surface area contributed by atoms with Crippen molar-refractivity contribution < 1.29 is 23.7 Å². The second kappa shape index (κ2) is 10.0. The summed E-state index contributed by atoms with van der Waals surface area (Å²) in [6.45, 7) is 0.732. The number of hydrogen-bond acceptors (Lipinski definition) is 6. The molecule has 0 bridgehead atoms. The lowest BCUT2D eigenvalue weighted by atomic mass is 10.3. The zero-order valence-corrected chi connectivity index (χ0v) is 15.9. The molecule has 146 valence electrons. The number of rotatable bonds is 9. The average molecular weight is 375 g/mol. The van der Waals surface area contributed by atoms with Crippen molar-refractivity contribution in [3.05, 3.63) is 36.4 Å². The van der Waals surface area contributed by atoms with E-state index in [1.165, 1.54) is 0 Å². The highest BCUT2D eigenvalue weighted by molar-refractivity contribution is 5.92. The Bertz CT molecular complexity index is 758. The van der Waals surface area contributed by atoms with E-state index in [1.807, 2.05) is 6.07 Å². The van der Waals surface area contributed by atoms with Crippen LogP contribution in [0.2, 0.25) is 0 Å². The van der Waals surface area contributed by atoms with Crippen molar-refractivity contribution in [2.24, 2.45) is 10.7 Å². The summed E-state index contributed by atoms with van der Waals surface area (Å²) in [5.74, 6) is 3.46. The predicted molar refractivity (Wildman–Crippen MR) is 105 cm³/mol. The number of nitrogens with one attached hydrogen (secondary N) is 1. The van der Waals surface area contributed by atoms with Crippen molar-refractivity contribution >= 4 is 11.6 Å². The second-order valence-corrected chi connectivity index (χ2v) is 5.36. The van der Waals surface area contributed by atoms with E-state index in [1.54, 1.807) is 58.8 Å². The van der Waals surface area contributed by atoms with Crippen molar-refractivity contribution in [2.45, 2.75) is 0 Å². The molecule has 0 heterocycles. The third-order valence-electron chi connectivity index (χ3n) is 3.62. The maximum absolute atomic E-state index is 5.91. The molecule has 0 aliphatic rings. The SMILES string of the molecule is COc1cc(OC)cc(OCCN=C(N)Nc2ccc(OC)c(OC)c2)c1. The summed E-state index contributed by atoms with van der Waals surface area (Å²) in [5.41, 5.74) is 6.65. The number of nitrogens with two attached hydrogens (primary N) is 1. The molecule has 2 rings (SSSR count). The van der Waals surface area contributed by atoms with Crippen molar-refractivity contribution in [2.75, 3.05) is 46.9 Å². The van der Waals surface area contributed by atoms with Gasteiger partial charge in [0.15, 0.2) is 17.5 Å². The summed E-state index contributed by atoms with van der Waals surface area (Å²) in [5, 5.41) is 3.00. The lowest BCUT2D eigenvalue weighted by Gasteiger charge is -2.11. The van der Waals surface area contributed by atoms with Gasteiger partial charge in [0.25, 0.3) is 0 Å². The third-order valence-corrected chi connectivity index (χ3v) is 3.62. The summed E-state index contributed by atoms with van der Waals surface area (Å²) in [6, 6.07) is 10.7. The molecule has 0 unspecified atom stereocenters. The van der Waals surface area contributed by atoms with Crippen LogP contribution in [-0.2, 0) is 0 Å². The number of benzene rings is 2. The molecule has 0 aromatic heterocycles. The molecular weight excluding hydrogens is 350 g/mol. The fraction of sp³-hybridized carbons (Fsp3) is 0.316. The monoisotopic (exact) mass is 375 g/mol. The molecule has 3 N–H and O–H groups in total. The maximum Gasteiger partial charge on any atom is 0.193 e. The highest BCUT2D eigenvalue weighted by atomic mass is 16.5. The van der Waals surface area contributed by atoms with E-state index in [2.05, 4.69) is 10.3 Å². The van der Waals surface area contributed by atoms with E-state index >= 15 is 0 Å². The first kappa shape index (κ1) is 20.0. The van der Waals surface area contributed by atoms with E-state index in [0.717, 1.165) is 5.69 Å². The first-order valence-corrected chi connectivity index (χ1v) is 8.24. The van der Waals surface area contributed by atoms with Crippen LogP contribution in [0.15, 0.2) is 41.4 Å². The van der Waals surface area contributed by atoms with Gasteiger partial charge >= 0.3 is 0 Å². The van der Waals surface area contributed by atoms with Crippen LogP contribution in [0.5, 0.6) is 28.7 Å². The fourth-order valence-corrected chi connectivity index (χ4v) is 2.30. The Kier molecular flexibility index (Phi) is 7.42. The molecule has 0 atom stereocenters. The molecule has 0 fully saturated rings. The summed E-state index contributed by atoms with van der Waals surface area (Å²) in [4.78, 5) is 4.24. The van der Waals surface area contributed by atoms with Gasteiger partial charge in [-0.3, -0.25) is 0 Å². The van der Waals surface area contributed by atoms with Gasteiger partial charge in [-0.2, -0.15) is 0 Å². The Labute approximate surface area is 158 Å². The quantitative estimate of drug-likeness (QED) is 0.395. The van der Waals surface area contributed by atoms with Crippen LogP contribution in [-0.4, -0.2) is 47.6 Å². The van der Waals surface area contributed by atoms with Gasteiger partial charge in [0, 0.05) is 30.0 Å². The Morgan fingerprint density at radius 2 is 1.48 bits per heavy atom. The Balaban J connectivity index is 1.89. The molecule has 0 amide bonds. The number of anilines is 1. The molecule has 0 spiro atoms. The van der Waals surface area contributed by atoms with Gasteiger partial charge in [-0.1, -0.05) is 0 Å². The zero-order valence-electron chi connectivity index (χ0n) is 15.9. The van der Waals surface area contributed by atoms with Crippen LogP contribution < -0.4 is 34.7 Å². The largest absolute Gasteiger partial charge is 0.496 e. The zero-order chi connectivity index (χ0) is 19.6. The van der Waals surface area contributed by atoms with Crippen molar-refractivity contribution in [3.8, 4) is 28.7 Å². The summed E-state index contributed by atoms with van der Waals surface area (Å²) < 4.78 is 26.5. The summed E-state index contributed by atoms with van der Waals surface area (Å²) in [7, 11) is 6.33. The van der Waals surface area contributed by atoms with E-state index in [-0.39, 0.29) is 5.96 Å². The molecule has 8 heteroatoms. The molecule has 0 saturated carbocycles. The molecule has 2 aromatic carbocycles. The Morgan fingerprint density at radius 3 is 2.07 bits per heavy atom. The highest BCUT2D eigenvalue weighted by Crippen LogP contribution is 2.29. The summed E-state index contributed by atoms with van der Waals surface area (Å²) >= 11 is 0. The number of guanidine groups is 1. The molecule has 8 nitrogen and oxygen atoms in total.